The lowest BCUT2D eigenvalue weighted by Crippen LogP contribution is -2.51. The summed E-state index contributed by atoms with van der Waals surface area (Å²) in [7, 11) is 2.00. The van der Waals surface area contributed by atoms with Crippen molar-refractivity contribution in [3.05, 3.63) is 22.7 Å². The average Bonchev–Trinajstić information content (AvgIpc) is 2.39. The number of hydrogen-bond donors (Lipinski definition) is 1. The first kappa shape index (κ1) is 15.0. The van der Waals surface area contributed by atoms with Crippen LogP contribution in [0.1, 0.15) is 40.5 Å². The van der Waals surface area contributed by atoms with E-state index in [4.69, 9.17) is 0 Å². The molecule has 1 aliphatic rings. The van der Waals surface area contributed by atoms with E-state index in [1.165, 1.54) is 0 Å². The van der Waals surface area contributed by atoms with Crippen molar-refractivity contribution >= 4 is 5.82 Å². The smallest absolute Gasteiger partial charge is 0.293 e. The summed E-state index contributed by atoms with van der Waals surface area (Å²) >= 11 is 0. The van der Waals surface area contributed by atoms with Crippen LogP contribution in [0.15, 0.2) is 17.2 Å². The molecule has 0 aliphatic carbocycles. The van der Waals surface area contributed by atoms with Crippen LogP contribution in [-0.4, -0.2) is 35.2 Å². The molecule has 2 rings (SSSR count). The first-order chi connectivity index (χ1) is 9.27. The summed E-state index contributed by atoms with van der Waals surface area (Å²) in [5, 5.41) is 3.37. The quantitative estimate of drug-likeness (QED) is 0.892. The summed E-state index contributed by atoms with van der Waals surface area (Å²) in [4.78, 5) is 19.0. The van der Waals surface area contributed by atoms with Crippen molar-refractivity contribution in [1.29, 1.82) is 0 Å². The Labute approximate surface area is 121 Å². The molecular weight excluding hydrogens is 252 g/mol. The minimum Gasteiger partial charge on any atom is -0.352 e. The number of nitrogens with one attached hydrogen (secondary N) is 1. The van der Waals surface area contributed by atoms with Crippen LogP contribution in [0, 0.1) is 0 Å². The van der Waals surface area contributed by atoms with Gasteiger partial charge < -0.3 is 14.8 Å². The molecule has 0 unspecified atom stereocenters. The monoisotopic (exact) mass is 278 g/mol. The van der Waals surface area contributed by atoms with Gasteiger partial charge in [0.1, 0.15) is 0 Å². The molecule has 0 radical (unpaired) electrons. The molecule has 0 atom stereocenters. The van der Waals surface area contributed by atoms with Gasteiger partial charge in [-0.1, -0.05) is 0 Å². The molecule has 0 aromatic carbocycles. The van der Waals surface area contributed by atoms with Crippen LogP contribution in [-0.2, 0) is 5.54 Å². The first-order valence-electron chi connectivity index (χ1n) is 7.29. The number of aromatic nitrogens is 2. The van der Waals surface area contributed by atoms with Gasteiger partial charge in [-0.05, 0) is 47.6 Å². The molecule has 1 N–H and O–H groups in total. The largest absolute Gasteiger partial charge is 0.352 e. The van der Waals surface area contributed by atoms with Crippen LogP contribution >= 0.6 is 0 Å². The van der Waals surface area contributed by atoms with E-state index in [2.05, 4.69) is 22.1 Å². The molecule has 1 fully saturated rings. The lowest BCUT2D eigenvalue weighted by molar-refractivity contribution is 0.303. The number of rotatable bonds is 2. The van der Waals surface area contributed by atoms with E-state index < -0.39 is 0 Å². The van der Waals surface area contributed by atoms with Crippen molar-refractivity contribution in [1.82, 2.24) is 14.9 Å². The summed E-state index contributed by atoms with van der Waals surface area (Å²) in [6.07, 6.45) is 5.55. The van der Waals surface area contributed by atoms with Gasteiger partial charge in [0.05, 0.1) is 0 Å². The van der Waals surface area contributed by atoms with E-state index in [1.807, 2.05) is 27.8 Å². The molecule has 0 saturated carbocycles. The Kier molecular flexibility index (Phi) is 3.91. The molecule has 5 heteroatoms. The van der Waals surface area contributed by atoms with Gasteiger partial charge in [-0.3, -0.25) is 4.79 Å². The molecule has 112 valence electrons. The molecular formula is C15H26N4O. The average molecular weight is 278 g/mol. The third kappa shape index (κ3) is 2.87. The molecule has 0 spiro atoms. The summed E-state index contributed by atoms with van der Waals surface area (Å²) < 4.78 is 1.77. The molecule has 0 amide bonds. The van der Waals surface area contributed by atoms with Gasteiger partial charge in [0, 0.05) is 36.6 Å². The van der Waals surface area contributed by atoms with E-state index in [0.717, 1.165) is 25.9 Å². The van der Waals surface area contributed by atoms with Gasteiger partial charge in [-0.2, -0.15) is 0 Å². The van der Waals surface area contributed by atoms with Gasteiger partial charge in [-0.25, -0.2) is 4.98 Å². The molecule has 5 nitrogen and oxygen atoms in total. The van der Waals surface area contributed by atoms with Crippen molar-refractivity contribution < 1.29 is 0 Å². The van der Waals surface area contributed by atoms with Crippen molar-refractivity contribution in [2.45, 2.75) is 51.6 Å². The Morgan fingerprint density at radius 1 is 1.30 bits per heavy atom. The fourth-order valence-electron chi connectivity index (χ4n) is 2.61. The van der Waals surface area contributed by atoms with Gasteiger partial charge in [-0.15, -0.1) is 0 Å². The van der Waals surface area contributed by atoms with Gasteiger partial charge in [0.15, 0.2) is 5.82 Å². The summed E-state index contributed by atoms with van der Waals surface area (Å²) in [6, 6.07) is 0. The lowest BCUT2D eigenvalue weighted by Gasteiger charge is -2.39. The SMILES string of the molecule is CNC1(C)CCN(c2nccn(C(C)(C)C)c2=O)CC1. The fraction of sp³-hybridized carbons (Fsp3) is 0.733. The number of piperidine rings is 1. The Bertz CT molecular complexity index is 521. The van der Waals surface area contributed by atoms with Crippen molar-refractivity contribution in [2.24, 2.45) is 0 Å². The lowest BCUT2D eigenvalue weighted by atomic mass is 9.90. The minimum atomic E-state index is -0.218. The van der Waals surface area contributed by atoms with E-state index >= 15 is 0 Å². The highest BCUT2D eigenvalue weighted by molar-refractivity contribution is 5.37. The Balaban J connectivity index is 2.26. The van der Waals surface area contributed by atoms with E-state index in [-0.39, 0.29) is 16.6 Å². The maximum absolute atomic E-state index is 12.6. The zero-order valence-corrected chi connectivity index (χ0v) is 13.2. The molecule has 0 bridgehead atoms. The number of nitrogens with zero attached hydrogens (tertiary/aromatic N) is 3. The zero-order valence-electron chi connectivity index (χ0n) is 13.2. The maximum atomic E-state index is 12.6. The normalized spacial score (nSPS) is 19.1. The number of hydrogen-bond acceptors (Lipinski definition) is 4. The van der Waals surface area contributed by atoms with E-state index in [0.29, 0.717) is 5.82 Å². The highest BCUT2D eigenvalue weighted by atomic mass is 16.1. The molecule has 1 aromatic rings. The first-order valence-corrected chi connectivity index (χ1v) is 7.29. The second-order valence-corrected chi connectivity index (χ2v) is 6.89. The van der Waals surface area contributed by atoms with Crippen molar-refractivity contribution in [2.75, 3.05) is 25.0 Å². The molecule has 1 saturated heterocycles. The van der Waals surface area contributed by atoms with Gasteiger partial charge in [0.2, 0.25) is 0 Å². The summed E-state index contributed by atoms with van der Waals surface area (Å²) in [5.74, 6) is 0.584. The Hall–Kier alpha value is -1.36. The van der Waals surface area contributed by atoms with Crippen molar-refractivity contribution in [3.8, 4) is 0 Å². The minimum absolute atomic E-state index is 0.00746. The predicted octanol–water partition coefficient (Wildman–Crippen LogP) is 1.58. The molecule has 2 heterocycles. The topological polar surface area (TPSA) is 50.2 Å². The number of anilines is 1. The maximum Gasteiger partial charge on any atom is 0.293 e. The predicted molar refractivity (Wildman–Crippen MR) is 82.4 cm³/mol. The van der Waals surface area contributed by atoms with Crippen LogP contribution in [0.4, 0.5) is 5.82 Å². The second kappa shape index (κ2) is 5.20. The molecule has 1 aromatic heterocycles. The zero-order chi connectivity index (χ0) is 15.0. The summed E-state index contributed by atoms with van der Waals surface area (Å²) in [5.41, 5.74) is -0.0358. The van der Waals surface area contributed by atoms with Crippen molar-refractivity contribution in [3.63, 3.8) is 0 Å². The van der Waals surface area contributed by atoms with E-state index in [9.17, 15) is 4.79 Å². The van der Waals surface area contributed by atoms with E-state index in [1.54, 1.807) is 17.0 Å². The Morgan fingerprint density at radius 2 is 1.90 bits per heavy atom. The Morgan fingerprint density at radius 3 is 2.40 bits per heavy atom. The van der Waals surface area contributed by atoms with Crippen LogP contribution in [0.3, 0.4) is 0 Å². The fourth-order valence-corrected chi connectivity index (χ4v) is 2.61. The second-order valence-electron chi connectivity index (χ2n) is 6.89. The highest BCUT2D eigenvalue weighted by Crippen LogP contribution is 2.23. The van der Waals surface area contributed by atoms with Crippen LogP contribution in [0.2, 0.25) is 0 Å². The third-order valence-electron chi connectivity index (χ3n) is 4.32. The summed E-state index contributed by atoms with van der Waals surface area (Å²) in [6.45, 7) is 10.1. The van der Waals surface area contributed by atoms with Gasteiger partial charge >= 0.3 is 0 Å². The highest BCUT2D eigenvalue weighted by Gasteiger charge is 2.30. The standard InChI is InChI=1S/C15H26N4O/c1-14(2,3)19-11-8-17-12(13(19)20)18-9-6-15(4,16-5)7-10-18/h8,11,16H,6-7,9-10H2,1-5H3. The molecule has 1 aliphatic heterocycles. The van der Waals surface area contributed by atoms with Crippen LogP contribution in [0.5, 0.6) is 0 Å². The van der Waals surface area contributed by atoms with Crippen LogP contribution < -0.4 is 15.8 Å². The third-order valence-corrected chi connectivity index (χ3v) is 4.32. The van der Waals surface area contributed by atoms with Gasteiger partial charge in [0.25, 0.3) is 5.56 Å². The molecule has 20 heavy (non-hydrogen) atoms. The van der Waals surface area contributed by atoms with Crippen LogP contribution in [0.25, 0.3) is 0 Å².